The van der Waals surface area contributed by atoms with Crippen molar-refractivity contribution in [2.75, 3.05) is 13.7 Å². The van der Waals surface area contributed by atoms with Crippen LogP contribution in [0.4, 0.5) is 0 Å². The van der Waals surface area contributed by atoms with Crippen molar-refractivity contribution in [2.24, 2.45) is 5.92 Å². The summed E-state index contributed by atoms with van der Waals surface area (Å²) in [6, 6.07) is 0. The predicted molar refractivity (Wildman–Crippen MR) is 122 cm³/mol. The highest BCUT2D eigenvalue weighted by Gasteiger charge is 2.72. The number of carbonyl (C=O) groups excluding carboxylic acids is 1. The Kier molecular flexibility index (Phi) is 7.73. The average molecular weight is 429 g/mol. The molecule has 5 heteroatoms. The van der Waals surface area contributed by atoms with Crippen molar-refractivity contribution >= 4 is 5.97 Å². The molecule has 1 saturated carbocycles. The lowest BCUT2D eigenvalue weighted by atomic mass is 9.68. The van der Waals surface area contributed by atoms with Gasteiger partial charge in [-0.1, -0.05) is 54.2 Å². The Morgan fingerprint density at radius 2 is 1.81 bits per heavy atom. The average Bonchev–Trinajstić information content (AvgIpc) is 3.64. The lowest BCUT2D eigenvalue weighted by molar-refractivity contribution is -0.166. The van der Waals surface area contributed by atoms with Gasteiger partial charge in [-0.15, -0.1) is 0 Å². The predicted octanol–water partition coefficient (Wildman–Crippen LogP) is 4.85. The van der Waals surface area contributed by atoms with Crippen molar-refractivity contribution in [3.05, 3.63) is 60.3 Å². The van der Waals surface area contributed by atoms with Crippen LogP contribution in [0.1, 0.15) is 47.0 Å². The lowest BCUT2D eigenvalue weighted by Crippen LogP contribution is -2.55. The molecule has 2 heterocycles. The van der Waals surface area contributed by atoms with Crippen LogP contribution >= 0.6 is 0 Å². The smallest absolute Gasteiger partial charge is 0.331 e. The van der Waals surface area contributed by atoms with Crippen LogP contribution in [0.25, 0.3) is 0 Å². The van der Waals surface area contributed by atoms with Crippen LogP contribution in [-0.2, 0) is 23.7 Å². The topological polar surface area (TPSA) is 60.6 Å². The first-order valence-corrected chi connectivity index (χ1v) is 11.2. The first-order valence-electron chi connectivity index (χ1n) is 11.2. The number of esters is 1. The fourth-order valence-corrected chi connectivity index (χ4v) is 4.76. The number of carbonyl (C=O) groups is 1. The van der Waals surface area contributed by atoms with Gasteiger partial charge in [-0.3, -0.25) is 0 Å². The maximum absolute atomic E-state index is 12.4. The van der Waals surface area contributed by atoms with Gasteiger partial charge >= 0.3 is 5.97 Å². The molecule has 31 heavy (non-hydrogen) atoms. The monoisotopic (exact) mass is 428 g/mol. The minimum atomic E-state index is -0.358. The minimum Gasteiger partial charge on any atom is -0.456 e. The second-order valence-corrected chi connectivity index (χ2v) is 9.01. The van der Waals surface area contributed by atoms with Crippen molar-refractivity contribution in [2.45, 2.75) is 76.5 Å². The number of ether oxygens (including phenoxy) is 4. The van der Waals surface area contributed by atoms with Gasteiger partial charge in [-0.25, -0.2) is 4.79 Å². The molecule has 0 aromatic heterocycles. The van der Waals surface area contributed by atoms with E-state index in [1.807, 2.05) is 37.3 Å². The number of hydrogen-bond acceptors (Lipinski definition) is 5. The number of epoxide rings is 2. The van der Waals surface area contributed by atoms with Crippen LogP contribution in [0.3, 0.4) is 0 Å². The number of rotatable bonds is 9. The van der Waals surface area contributed by atoms with Crippen molar-refractivity contribution in [1.29, 1.82) is 0 Å². The van der Waals surface area contributed by atoms with Crippen molar-refractivity contribution < 1.29 is 23.7 Å². The first kappa shape index (κ1) is 23.7. The Morgan fingerprint density at radius 1 is 1.13 bits per heavy atom. The van der Waals surface area contributed by atoms with Gasteiger partial charge in [-0.2, -0.15) is 0 Å². The molecule has 3 rings (SSSR count). The molecule has 2 aliphatic heterocycles. The van der Waals surface area contributed by atoms with Gasteiger partial charge in [-0.05, 0) is 47.0 Å². The van der Waals surface area contributed by atoms with Gasteiger partial charge in [0.05, 0.1) is 18.6 Å². The molecule has 0 aromatic carbocycles. The molecule has 6 atom stereocenters. The second kappa shape index (κ2) is 10.1. The highest BCUT2D eigenvalue weighted by Crippen LogP contribution is 2.59. The van der Waals surface area contributed by atoms with Gasteiger partial charge in [0.2, 0.25) is 0 Å². The lowest BCUT2D eigenvalue weighted by Gasteiger charge is -2.42. The Hall–Kier alpha value is -1.95. The third-order valence-electron chi connectivity index (χ3n) is 6.48. The van der Waals surface area contributed by atoms with Crippen LogP contribution in [-0.4, -0.2) is 49.2 Å². The molecule has 0 amide bonds. The van der Waals surface area contributed by atoms with E-state index in [4.69, 9.17) is 18.9 Å². The summed E-state index contributed by atoms with van der Waals surface area (Å²) in [6.07, 6.45) is 18.8. The van der Waals surface area contributed by atoms with E-state index in [9.17, 15) is 4.79 Å². The molecule has 0 radical (unpaired) electrons. The van der Waals surface area contributed by atoms with Crippen LogP contribution in [0.2, 0.25) is 0 Å². The summed E-state index contributed by atoms with van der Waals surface area (Å²) < 4.78 is 23.9. The zero-order valence-electron chi connectivity index (χ0n) is 19.4. The Labute approximate surface area is 186 Å². The van der Waals surface area contributed by atoms with E-state index in [0.29, 0.717) is 0 Å². The van der Waals surface area contributed by atoms with Gasteiger partial charge in [0.1, 0.15) is 23.4 Å². The summed E-state index contributed by atoms with van der Waals surface area (Å²) in [7, 11) is 1.69. The van der Waals surface area contributed by atoms with Gasteiger partial charge in [0.15, 0.2) is 0 Å². The molecule has 1 aliphatic carbocycles. The summed E-state index contributed by atoms with van der Waals surface area (Å²) in [4.78, 5) is 12.4. The largest absolute Gasteiger partial charge is 0.456 e. The quantitative estimate of drug-likeness (QED) is 0.173. The van der Waals surface area contributed by atoms with Gasteiger partial charge in [0, 0.05) is 13.2 Å². The molecule has 0 bridgehead atoms. The highest BCUT2D eigenvalue weighted by molar-refractivity contribution is 5.82. The summed E-state index contributed by atoms with van der Waals surface area (Å²) in [6.45, 7) is 9.02. The highest BCUT2D eigenvalue weighted by atomic mass is 16.6. The third kappa shape index (κ3) is 5.65. The molecule has 1 unspecified atom stereocenters. The Bertz CT molecular complexity index is 782. The van der Waals surface area contributed by atoms with Gasteiger partial charge in [0.25, 0.3) is 0 Å². The fourth-order valence-electron chi connectivity index (χ4n) is 4.76. The molecule has 2 saturated heterocycles. The zero-order chi connectivity index (χ0) is 22.5. The molecule has 0 N–H and O–H groups in total. The third-order valence-corrected chi connectivity index (χ3v) is 6.48. The fraction of sp³-hybridized carbons (Fsp3) is 0.577. The molecular weight excluding hydrogens is 392 g/mol. The van der Waals surface area contributed by atoms with E-state index in [1.165, 1.54) is 11.6 Å². The van der Waals surface area contributed by atoms with Crippen LogP contribution in [0.15, 0.2) is 60.3 Å². The number of methoxy groups -OCH3 is 1. The van der Waals surface area contributed by atoms with Crippen LogP contribution in [0, 0.1) is 5.92 Å². The van der Waals surface area contributed by atoms with Crippen LogP contribution < -0.4 is 0 Å². The SMILES string of the molecule is C/C=C/C=C/C=C/C=C/C(=O)O[C@@H]1CC[C@]2(CO2)[C@@H]([C@@]2(C)OC2CC=C(C)C)[C@@H]1OC. The van der Waals surface area contributed by atoms with E-state index < -0.39 is 0 Å². The van der Waals surface area contributed by atoms with E-state index >= 15 is 0 Å². The Morgan fingerprint density at radius 3 is 2.42 bits per heavy atom. The number of hydrogen-bond donors (Lipinski definition) is 0. The molecule has 5 nitrogen and oxygen atoms in total. The molecule has 3 fully saturated rings. The summed E-state index contributed by atoms with van der Waals surface area (Å²) in [5, 5.41) is 0. The van der Waals surface area contributed by atoms with E-state index in [0.717, 1.165) is 25.9 Å². The first-order chi connectivity index (χ1) is 14.9. The van der Waals surface area contributed by atoms with Crippen molar-refractivity contribution in [1.82, 2.24) is 0 Å². The zero-order valence-corrected chi connectivity index (χ0v) is 19.4. The van der Waals surface area contributed by atoms with Crippen LogP contribution in [0.5, 0.6) is 0 Å². The molecule has 1 spiro atoms. The molecule has 170 valence electrons. The normalized spacial score (nSPS) is 37.3. The Balaban J connectivity index is 1.64. The molecule has 0 aromatic rings. The summed E-state index contributed by atoms with van der Waals surface area (Å²) >= 11 is 0. The maximum atomic E-state index is 12.4. The molecule has 3 aliphatic rings. The van der Waals surface area contributed by atoms with Gasteiger partial charge < -0.3 is 18.9 Å². The second-order valence-electron chi connectivity index (χ2n) is 9.01. The van der Waals surface area contributed by atoms with Crippen molar-refractivity contribution in [3.8, 4) is 0 Å². The van der Waals surface area contributed by atoms with E-state index in [2.05, 4.69) is 26.8 Å². The van der Waals surface area contributed by atoms with E-state index in [1.54, 1.807) is 19.3 Å². The molecular formula is C26H36O5. The maximum Gasteiger partial charge on any atom is 0.331 e. The van der Waals surface area contributed by atoms with Crippen molar-refractivity contribution in [3.63, 3.8) is 0 Å². The minimum absolute atomic E-state index is 0.0349. The summed E-state index contributed by atoms with van der Waals surface area (Å²) in [5.74, 6) is -0.323. The standard InChI is InChI=1S/C26H36O5/c1-6-7-8-9-10-11-12-13-22(27)30-20-16-17-26(18-29-26)24(23(20)28-5)25(4)21(31-25)15-14-19(2)3/h6-14,20-21,23-24H,15-18H2,1-5H3/b7-6+,9-8+,11-10+,13-12+/t20-,21?,23-,24-,25+,26+/m1/s1. The van der Waals surface area contributed by atoms with E-state index in [-0.39, 0.29) is 41.4 Å². The number of allylic oxidation sites excluding steroid dienone is 8. The summed E-state index contributed by atoms with van der Waals surface area (Å²) in [5.41, 5.74) is 0.745.